The summed E-state index contributed by atoms with van der Waals surface area (Å²) in [5.74, 6) is 3.33. The highest BCUT2D eigenvalue weighted by atomic mass is 16.3. The van der Waals surface area contributed by atoms with Gasteiger partial charge in [-0.3, -0.25) is 0 Å². The minimum absolute atomic E-state index is 0.0290. The first-order valence-corrected chi connectivity index (χ1v) is 13.8. The minimum atomic E-state index is -0.147. The predicted molar refractivity (Wildman–Crippen MR) is 132 cm³/mol. The van der Waals surface area contributed by atoms with Crippen LogP contribution in [-0.2, 0) is 0 Å². The van der Waals surface area contributed by atoms with E-state index in [1.165, 1.54) is 63.4 Å². The van der Waals surface area contributed by atoms with Crippen LogP contribution in [0.5, 0.6) is 0 Å². The largest absolute Gasteiger partial charge is 0.396 e. The summed E-state index contributed by atoms with van der Waals surface area (Å²) in [5.41, 5.74) is 2.60. The van der Waals surface area contributed by atoms with Crippen LogP contribution < -0.4 is 0 Å². The molecule has 0 radical (unpaired) electrons. The number of hydrogen-bond acceptors (Lipinski definition) is 2. The maximum Gasteiger partial charge on any atom is 0.0594 e. The molecule has 1 unspecified atom stereocenters. The third-order valence-corrected chi connectivity index (χ3v) is 13.5. The Bertz CT molecular complexity index is 786. The Morgan fingerprint density at radius 2 is 1.53 bits per heavy atom. The lowest BCUT2D eigenvalue weighted by atomic mass is 9.32. The van der Waals surface area contributed by atoms with Gasteiger partial charge in [0.25, 0.3) is 0 Å². The quantitative estimate of drug-likeness (QED) is 0.452. The number of hydrogen-bond donors (Lipinski definition) is 2. The zero-order valence-electron chi connectivity index (χ0n) is 21.8. The van der Waals surface area contributed by atoms with E-state index in [-0.39, 0.29) is 16.9 Å². The fraction of sp³-hybridized carbons (Fsp3) is 0.933. The third kappa shape index (κ3) is 2.66. The van der Waals surface area contributed by atoms with Gasteiger partial charge in [-0.1, -0.05) is 46.8 Å². The van der Waals surface area contributed by atoms with Gasteiger partial charge in [0.1, 0.15) is 0 Å². The molecule has 5 aliphatic rings. The highest BCUT2D eigenvalue weighted by molar-refractivity contribution is 5.21. The smallest absolute Gasteiger partial charge is 0.0594 e. The van der Waals surface area contributed by atoms with E-state index < -0.39 is 0 Å². The number of rotatable bonds is 2. The first-order valence-electron chi connectivity index (χ1n) is 13.8. The molecule has 2 nitrogen and oxygen atoms in total. The average Bonchev–Trinajstić information content (AvgIpc) is 3.12. The van der Waals surface area contributed by atoms with E-state index >= 15 is 0 Å². The fourth-order valence-corrected chi connectivity index (χ4v) is 11.5. The molecule has 182 valence electrons. The van der Waals surface area contributed by atoms with Gasteiger partial charge in [0.05, 0.1) is 6.10 Å². The van der Waals surface area contributed by atoms with Crippen molar-refractivity contribution in [3.63, 3.8) is 0 Å². The molecular formula is C30H50O2. The summed E-state index contributed by atoms with van der Waals surface area (Å²) in [6.07, 6.45) is 12.2. The van der Waals surface area contributed by atoms with Gasteiger partial charge in [0, 0.05) is 6.61 Å². The molecule has 5 fully saturated rings. The van der Waals surface area contributed by atoms with E-state index in [1.54, 1.807) is 0 Å². The SMILES string of the molecule is C=C(C)[C@H]1CC[C@]2(CO)CC[C@]3(C)[C@@H](CC[C@@H]4[C@@]5(C)CC[C@@H](O)C(C)(C)C5CC[C@]43C)[C@@H]12. The normalized spacial score (nSPS) is 56.5. The van der Waals surface area contributed by atoms with Crippen molar-refractivity contribution in [3.05, 3.63) is 12.2 Å². The summed E-state index contributed by atoms with van der Waals surface area (Å²) in [7, 11) is 0. The molecule has 0 heterocycles. The molecule has 10 atom stereocenters. The summed E-state index contributed by atoms with van der Waals surface area (Å²) in [6, 6.07) is 0. The fourth-order valence-electron chi connectivity index (χ4n) is 11.5. The lowest BCUT2D eigenvalue weighted by Gasteiger charge is -2.73. The number of aliphatic hydroxyl groups excluding tert-OH is 2. The van der Waals surface area contributed by atoms with Gasteiger partial charge in [-0.05, 0) is 128 Å². The lowest BCUT2D eigenvalue weighted by molar-refractivity contribution is -0.249. The maximum atomic E-state index is 10.9. The van der Waals surface area contributed by atoms with E-state index in [1.807, 2.05) is 0 Å². The minimum Gasteiger partial charge on any atom is -0.396 e. The molecule has 5 aliphatic carbocycles. The number of allylic oxidation sites excluding steroid dienone is 1. The number of fused-ring (bicyclic) bond motifs is 7. The van der Waals surface area contributed by atoms with Crippen LogP contribution in [0, 0.1) is 56.7 Å². The van der Waals surface area contributed by atoms with Crippen molar-refractivity contribution >= 4 is 0 Å². The van der Waals surface area contributed by atoms with Crippen LogP contribution >= 0.6 is 0 Å². The molecule has 5 saturated carbocycles. The van der Waals surface area contributed by atoms with Crippen molar-refractivity contribution in [2.45, 2.75) is 112 Å². The summed E-state index contributed by atoms with van der Waals surface area (Å²) >= 11 is 0. The zero-order chi connectivity index (χ0) is 23.3. The third-order valence-electron chi connectivity index (χ3n) is 13.5. The van der Waals surface area contributed by atoms with Crippen LogP contribution in [0.2, 0.25) is 0 Å². The van der Waals surface area contributed by atoms with Gasteiger partial charge in [-0.15, -0.1) is 0 Å². The monoisotopic (exact) mass is 442 g/mol. The Balaban J connectivity index is 1.55. The van der Waals surface area contributed by atoms with Gasteiger partial charge in [-0.2, -0.15) is 0 Å². The highest BCUT2D eigenvalue weighted by Gasteiger charge is 2.70. The van der Waals surface area contributed by atoms with E-state index in [9.17, 15) is 10.2 Å². The maximum absolute atomic E-state index is 10.9. The Morgan fingerprint density at radius 3 is 2.19 bits per heavy atom. The Hall–Kier alpha value is -0.340. The Morgan fingerprint density at radius 1 is 0.812 bits per heavy atom. The zero-order valence-corrected chi connectivity index (χ0v) is 21.8. The summed E-state index contributed by atoms with van der Waals surface area (Å²) in [4.78, 5) is 0. The molecular weight excluding hydrogens is 392 g/mol. The van der Waals surface area contributed by atoms with Crippen LogP contribution in [0.3, 0.4) is 0 Å². The molecule has 0 amide bonds. The first kappa shape index (κ1) is 23.4. The predicted octanol–water partition coefficient (Wildman–Crippen LogP) is 7.00. The standard InChI is InChI=1S/C30H50O2/c1-19(2)20-10-15-30(18-31)17-16-28(6)21(25(20)30)8-9-23-27(5)13-12-24(32)26(3,4)22(27)11-14-29(23,28)7/h20-25,31-32H,1,8-18H2,2-7H3/t20-,21+,22?,23-,24-,25-,27+,28-,29-,30-/m1/s1. The second-order valence-electron chi connectivity index (χ2n) is 14.6. The first-order chi connectivity index (χ1) is 14.9. The van der Waals surface area contributed by atoms with Crippen molar-refractivity contribution < 1.29 is 10.2 Å². The van der Waals surface area contributed by atoms with Crippen molar-refractivity contribution in [1.82, 2.24) is 0 Å². The van der Waals surface area contributed by atoms with E-state index in [0.29, 0.717) is 40.6 Å². The topological polar surface area (TPSA) is 40.5 Å². The molecule has 0 spiro atoms. The molecule has 5 rings (SSSR count). The van der Waals surface area contributed by atoms with Crippen LogP contribution in [0.4, 0.5) is 0 Å². The van der Waals surface area contributed by atoms with Crippen LogP contribution in [0.1, 0.15) is 106 Å². The van der Waals surface area contributed by atoms with Gasteiger partial charge in [0.15, 0.2) is 0 Å². The molecule has 2 N–H and O–H groups in total. The van der Waals surface area contributed by atoms with Gasteiger partial charge in [0.2, 0.25) is 0 Å². The highest BCUT2D eigenvalue weighted by Crippen LogP contribution is 2.77. The molecule has 0 aromatic carbocycles. The van der Waals surface area contributed by atoms with Gasteiger partial charge >= 0.3 is 0 Å². The van der Waals surface area contributed by atoms with Crippen LogP contribution in [0.25, 0.3) is 0 Å². The lowest BCUT2D eigenvalue weighted by Crippen LogP contribution is -2.66. The molecule has 2 heteroatoms. The van der Waals surface area contributed by atoms with Crippen LogP contribution in [-0.4, -0.2) is 22.9 Å². The van der Waals surface area contributed by atoms with E-state index in [0.717, 1.165) is 18.3 Å². The summed E-state index contributed by atoms with van der Waals surface area (Å²) in [6.45, 7) is 19.7. The molecule has 0 bridgehead atoms. The molecule has 0 saturated heterocycles. The second kappa shape index (κ2) is 7.09. The van der Waals surface area contributed by atoms with Crippen molar-refractivity contribution in [1.29, 1.82) is 0 Å². The van der Waals surface area contributed by atoms with Crippen LogP contribution in [0.15, 0.2) is 12.2 Å². The van der Waals surface area contributed by atoms with Crippen molar-refractivity contribution in [2.75, 3.05) is 6.61 Å². The summed E-state index contributed by atoms with van der Waals surface area (Å²) in [5, 5.41) is 21.5. The summed E-state index contributed by atoms with van der Waals surface area (Å²) < 4.78 is 0. The molecule has 32 heavy (non-hydrogen) atoms. The van der Waals surface area contributed by atoms with E-state index in [2.05, 4.69) is 48.1 Å². The molecule has 0 aliphatic heterocycles. The number of aliphatic hydroxyl groups is 2. The Kier molecular flexibility index (Phi) is 5.19. The van der Waals surface area contributed by atoms with Gasteiger partial charge < -0.3 is 10.2 Å². The molecule has 0 aromatic heterocycles. The van der Waals surface area contributed by atoms with E-state index in [4.69, 9.17) is 0 Å². The van der Waals surface area contributed by atoms with Crippen molar-refractivity contribution in [3.8, 4) is 0 Å². The van der Waals surface area contributed by atoms with Crippen molar-refractivity contribution in [2.24, 2.45) is 56.7 Å². The second-order valence-corrected chi connectivity index (χ2v) is 14.6. The van der Waals surface area contributed by atoms with Gasteiger partial charge in [-0.25, -0.2) is 0 Å². The average molecular weight is 443 g/mol. The molecule has 0 aromatic rings. The Labute approximate surface area is 197 Å².